The number of alkyl halides is 1. The van der Waals surface area contributed by atoms with E-state index in [0.29, 0.717) is 5.69 Å². The first-order chi connectivity index (χ1) is 5.83. The first-order valence-electron chi connectivity index (χ1n) is 3.49. The van der Waals surface area contributed by atoms with Gasteiger partial charge in [0.2, 0.25) is 0 Å². The Morgan fingerprint density at radius 2 is 2.42 bits per heavy atom. The molecule has 1 heterocycles. The lowest BCUT2D eigenvalue weighted by molar-refractivity contribution is 0.625. The summed E-state index contributed by atoms with van der Waals surface area (Å²) in [5, 5.41) is 0.829. The summed E-state index contributed by atoms with van der Waals surface area (Å²) in [5.74, 6) is 5.31. The highest BCUT2D eigenvalue weighted by molar-refractivity contribution is 9.09. The van der Waals surface area contributed by atoms with Crippen LogP contribution in [0.15, 0.2) is 18.3 Å². The van der Waals surface area contributed by atoms with Crippen LogP contribution in [-0.4, -0.2) is 10.3 Å². The molecular formula is C9H7BrFN. The largest absolute Gasteiger partial charge is 0.248 e. The molecule has 0 radical (unpaired) electrons. The Hall–Kier alpha value is -0.880. The molecule has 3 heteroatoms. The standard InChI is InChI=1S/C9H7BrFN/c10-5-2-1-3-9-7-8(11)4-6-12-9/h4,6-7H,2,5H2. The fraction of sp³-hybridized carbons (Fsp3) is 0.222. The second kappa shape index (κ2) is 4.89. The second-order valence-corrected chi connectivity index (χ2v) is 2.89. The summed E-state index contributed by atoms with van der Waals surface area (Å²) in [6, 6.07) is 2.62. The zero-order chi connectivity index (χ0) is 8.81. The van der Waals surface area contributed by atoms with Crippen molar-refractivity contribution in [1.29, 1.82) is 0 Å². The Balaban J connectivity index is 2.71. The molecule has 0 saturated heterocycles. The van der Waals surface area contributed by atoms with Crippen molar-refractivity contribution in [3.63, 3.8) is 0 Å². The van der Waals surface area contributed by atoms with Gasteiger partial charge in [-0.1, -0.05) is 21.9 Å². The van der Waals surface area contributed by atoms with E-state index >= 15 is 0 Å². The van der Waals surface area contributed by atoms with Gasteiger partial charge in [0, 0.05) is 24.0 Å². The molecule has 1 aromatic rings. The molecule has 62 valence electrons. The highest BCUT2D eigenvalue weighted by atomic mass is 79.9. The van der Waals surface area contributed by atoms with Crippen LogP contribution in [0.4, 0.5) is 4.39 Å². The maximum atomic E-state index is 12.6. The molecule has 0 amide bonds. The summed E-state index contributed by atoms with van der Waals surface area (Å²) in [4.78, 5) is 3.88. The van der Waals surface area contributed by atoms with E-state index in [9.17, 15) is 4.39 Å². The first-order valence-corrected chi connectivity index (χ1v) is 4.61. The van der Waals surface area contributed by atoms with Gasteiger partial charge in [-0.2, -0.15) is 0 Å². The summed E-state index contributed by atoms with van der Waals surface area (Å²) in [6.07, 6.45) is 2.16. The molecule has 1 nitrogen and oxygen atoms in total. The number of pyridine rings is 1. The van der Waals surface area contributed by atoms with E-state index in [0.717, 1.165) is 11.8 Å². The van der Waals surface area contributed by atoms with Crippen LogP contribution in [0.5, 0.6) is 0 Å². The van der Waals surface area contributed by atoms with Gasteiger partial charge in [-0.25, -0.2) is 9.37 Å². The molecule has 0 aromatic carbocycles. The van der Waals surface area contributed by atoms with E-state index in [2.05, 4.69) is 32.8 Å². The van der Waals surface area contributed by atoms with Crippen molar-refractivity contribution in [2.75, 3.05) is 5.33 Å². The minimum atomic E-state index is -0.298. The zero-order valence-corrected chi connectivity index (χ0v) is 7.94. The highest BCUT2D eigenvalue weighted by Crippen LogP contribution is 1.97. The molecule has 0 spiro atoms. The summed E-state index contributed by atoms with van der Waals surface area (Å²) in [6.45, 7) is 0. The van der Waals surface area contributed by atoms with Gasteiger partial charge in [0.1, 0.15) is 11.5 Å². The average molecular weight is 228 g/mol. The number of hydrogen-bond donors (Lipinski definition) is 0. The van der Waals surface area contributed by atoms with Crippen LogP contribution in [0.2, 0.25) is 0 Å². The SMILES string of the molecule is Fc1ccnc(C#CCCBr)c1. The third-order valence-corrected chi connectivity index (χ3v) is 1.55. The van der Waals surface area contributed by atoms with Gasteiger partial charge in [0.05, 0.1) is 0 Å². The third-order valence-electron chi connectivity index (χ3n) is 1.16. The van der Waals surface area contributed by atoms with Crippen molar-refractivity contribution in [2.24, 2.45) is 0 Å². The highest BCUT2D eigenvalue weighted by Gasteiger charge is 1.90. The predicted octanol–water partition coefficient (Wildman–Crippen LogP) is 2.36. The van der Waals surface area contributed by atoms with Gasteiger partial charge >= 0.3 is 0 Å². The van der Waals surface area contributed by atoms with E-state index in [-0.39, 0.29) is 5.82 Å². The lowest BCUT2D eigenvalue weighted by atomic mass is 10.3. The number of hydrogen-bond acceptors (Lipinski definition) is 1. The molecule has 0 unspecified atom stereocenters. The summed E-state index contributed by atoms with van der Waals surface area (Å²) in [7, 11) is 0. The van der Waals surface area contributed by atoms with Crippen molar-refractivity contribution >= 4 is 15.9 Å². The van der Waals surface area contributed by atoms with Crippen LogP contribution in [0.3, 0.4) is 0 Å². The molecule has 0 bridgehead atoms. The molecule has 1 aromatic heterocycles. The Kier molecular flexibility index (Phi) is 3.75. The van der Waals surface area contributed by atoms with Crippen LogP contribution < -0.4 is 0 Å². The smallest absolute Gasteiger partial charge is 0.127 e. The summed E-state index contributed by atoms with van der Waals surface area (Å²) < 4.78 is 12.6. The van der Waals surface area contributed by atoms with E-state index in [1.165, 1.54) is 18.3 Å². The summed E-state index contributed by atoms with van der Waals surface area (Å²) in [5.41, 5.74) is 0.482. The van der Waals surface area contributed by atoms with Crippen LogP contribution in [0.1, 0.15) is 12.1 Å². The topological polar surface area (TPSA) is 12.9 Å². The molecule has 0 aliphatic carbocycles. The summed E-state index contributed by atoms with van der Waals surface area (Å²) >= 11 is 3.24. The maximum absolute atomic E-state index is 12.6. The quantitative estimate of drug-likeness (QED) is 0.531. The first kappa shape index (κ1) is 9.21. The van der Waals surface area contributed by atoms with Crippen LogP contribution >= 0.6 is 15.9 Å². The predicted molar refractivity (Wildman–Crippen MR) is 49.5 cm³/mol. The fourth-order valence-electron chi connectivity index (χ4n) is 0.673. The van der Waals surface area contributed by atoms with Gasteiger partial charge in [0.15, 0.2) is 0 Å². The molecule has 0 atom stereocenters. The van der Waals surface area contributed by atoms with E-state index < -0.39 is 0 Å². The number of nitrogens with zero attached hydrogens (tertiary/aromatic N) is 1. The second-order valence-electron chi connectivity index (χ2n) is 2.10. The molecule has 0 aliphatic rings. The zero-order valence-electron chi connectivity index (χ0n) is 6.35. The van der Waals surface area contributed by atoms with Gasteiger partial charge in [-0.3, -0.25) is 0 Å². The lowest BCUT2D eigenvalue weighted by Crippen LogP contribution is -1.82. The van der Waals surface area contributed by atoms with Gasteiger partial charge < -0.3 is 0 Å². The van der Waals surface area contributed by atoms with Crippen LogP contribution in [-0.2, 0) is 0 Å². The normalized spacial score (nSPS) is 8.83. The molecule has 0 N–H and O–H groups in total. The number of halogens is 2. The third kappa shape index (κ3) is 3.02. The van der Waals surface area contributed by atoms with Gasteiger partial charge in [-0.15, -0.1) is 0 Å². The average Bonchev–Trinajstić information content (AvgIpc) is 2.05. The lowest BCUT2D eigenvalue weighted by Gasteiger charge is -1.88. The molecule has 1 rings (SSSR count). The Morgan fingerprint density at radius 1 is 1.58 bits per heavy atom. The van der Waals surface area contributed by atoms with Crippen molar-refractivity contribution in [2.45, 2.75) is 6.42 Å². The Morgan fingerprint density at radius 3 is 3.08 bits per heavy atom. The van der Waals surface area contributed by atoms with Crippen molar-refractivity contribution in [3.8, 4) is 11.8 Å². The Bertz CT molecular complexity index is 314. The van der Waals surface area contributed by atoms with Crippen LogP contribution in [0.25, 0.3) is 0 Å². The van der Waals surface area contributed by atoms with Gasteiger partial charge in [0.25, 0.3) is 0 Å². The minimum Gasteiger partial charge on any atom is -0.248 e. The van der Waals surface area contributed by atoms with Gasteiger partial charge in [-0.05, 0) is 12.0 Å². The monoisotopic (exact) mass is 227 g/mol. The van der Waals surface area contributed by atoms with Crippen molar-refractivity contribution in [1.82, 2.24) is 4.98 Å². The number of aromatic nitrogens is 1. The number of rotatable bonds is 1. The Labute approximate surface area is 79.1 Å². The molecule has 0 aliphatic heterocycles. The fourth-order valence-corrected chi connectivity index (χ4v) is 0.872. The molecule has 0 fully saturated rings. The molecule has 0 saturated carbocycles. The van der Waals surface area contributed by atoms with E-state index in [1.807, 2.05) is 0 Å². The maximum Gasteiger partial charge on any atom is 0.127 e. The van der Waals surface area contributed by atoms with Crippen molar-refractivity contribution in [3.05, 3.63) is 29.8 Å². The van der Waals surface area contributed by atoms with Crippen LogP contribution in [0, 0.1) is 17.7 Å². The minimum absolute atomic E-state index is 0.298. The van der Waals surface area contributed by atoms with E-state index in [4.69, 9.17) is 0 Å². The molecule has 12 heavy (non-hydrogen) atoms. The molecular weight excluding hydrogens is 221 g/mol. The van der Waals surface area contributed by atoms with E-state index in [1.54, 1.807) is 0 Å². The van der Waals surface area contributed by atoms with Crippen molar-refractivity contribution < 1.29 is 4.39 Å².